The molecule has 0 spiro atoms. The van der Waals surface area contributed by atoms with Crippen LogP contribution < -0.4 is 0 Å². The lowest BCUT2D eigenvalue weighted by Gasteiger charge is -2.04. The summed E-state index contributed by atoms with van der Waals surface area (Å²) in [6.07, 6.45) is -0.562. The number of rotatable bonds is 1. The standard InChI is InChI=1S/C7H7Cl2NO/c1-4(11)5-2-6(8)10-7(9)3-5/h2-4,11H,1H3. The molecule has 1 aromatic heterocycles. The number of pyridine rings is 1. The van der Waals surface area contributed by atoms with Crippen LogP contribution in [0.15, 0.2) is 12.1 Å². The molecule has 4 heteroatoms. The van der Waals surface area contributed by atoms with E-state index in [4.69, 9.17) is 28.3 Å². The molecule has 11 heavy (non-hydrogen) atoms. The van der Waals surface area contributed by atoms with E-state index in [1.807, 2.05) is 0 Å². The fraction of sp³-hybridized carbons (Fsp3) is 0.286. The minimum absolute atomic E-state index is 0.299. The van der Waals surface area contributed by atoms with Crippen LogP contribution >= 0.6 is 23.2 Å². The molecular weight excluding hydrogens is 185 g/mol. The number of aliphatic hydroxyl groups is 1. The number of hydrogen-bond acceptors (Lipinski definition) is 2. The Morgan fingerprint density at radius 2 is 1.82 bits per heavy atom. The lowest BCUT2D eigenvalue weighted by molar-refractivity contribution is 0.199. The van der Waals surface area contributed by atoms with Gasteiger partial charge < -0.3 is 5.11 Å². The van der Waals surface area contributed by atoms with Gasteiger partial charge in [0.15, 0.2) is 0 Å². The van der Waals surface area contributed by atoms with Gasteiger partial charge in [0, 0.05) is 0 Å². The molecule has 0 fully saturated rings. The van der Waals surface area contributed by atoms with Gasteiger partial charge in [0.1, 0.15) is 10.3 Å². The summed E-state index contributed by atoms with van der Waals surface area (Å²) in [7, 11) is 0. The maximum Gasteiger partial charge on any atom is 0.131 e. The van der Waals surface area contributed by atoms with Crippen LogP contribution in [-0.2, 0) is 0 Å². The average Bonchev–Trinajstić information content (AvgIpc) is 1.85. The number of hydrogen-bond donors (Lipinski definition) is 1. The molecule has 0 saturated carbocycles. The molecule has 0 aliphatic carbocycles. The zero-order chi connectivity index (χ0) is 8.43. The summed E-state index contributed by atoms with van der Waals surface area (Å²) in [5.41, 5.74) is 0.676. The van der Waals surface area contributed by atoms with Crippen molar-refractivity contribution in [2.75, 3.05) is 0 Å². The average molecular weight is 192 g/mol. The highest BCUT2D eigenvalue weighted by molar-refractivity contribution is 6.32. The summed E-state index contributed by atoms with van der Waals surface area (Å²) >= 11 is 11.2. The first kappa shape index (κ1) is 8.78. The topological polar surface area (TPSA) is 33.1 Å². The van der Waals surface area contributed by atoms with Gasteiger partial charge in [-0.1, -0.05) is 23.2 Å². The van der Waals surface area contributed by atoms with Gasteiger partial charge in [-0.15, -0.1) is 0 Å². The fourth-order valence-electron chi connectivity index (χ4n) is 0.725. The molecule has 1 aromatic rings. The second kappa shape index (κ2) is 3.39. The van der Waals surface area contributed by atoms with Crippen LogP contribution in [0.1, 0.15) is 18.6 Å². The van der Waals surface area contributed by atoms with Gasteiger partial charge in [-0.2, -0.15) is 0 Å². The Morgan fingerprint density at radius 3 is 2.18 bits per heavy atom. The van der Waals surface area contributed by atoms with Crippen LogP contribution in [0.3, 0.4) is 0 Å². The first-order chi connectivity index (χ1) is 5.09. The van der Waals surface area contributed by atoms with Crippen molar-refractivity contribution in [3.8, 4) is 0 Å². The second-order valence-electron chi connectivity index (χ2n) is 2.22. The van der Waals surface area contributed by atoms with Gasteiger partial charge in [-0.05, 0) is 24.6 Å². The Bertz CT molecular complexity index is 242. The van der Waals surface area contributed by atoms with Gasteiger partial charge in [-0.3, -0.25) is 0 Å². The molecule has 60 valence electrons. The molecule has 0 amide bonds. The van der Waals surface area contributed by atoms with Crippen molar-refractivity contribution in [3.05, 3.63) is 28.0 Å². The lowest BCUT2D eigenvalue weighted by Crippen LogP contribution is -1.91. The van der Waals surface area contributed by atoms with E-state index in [0.717, 1.165) is 0 Å². The van der Waals surface area contributed by atoms with E-state index in [2.05, 4.69) is 4.98 Å². The zero-order valence-corrected chi connectivity index (χ0v) is 7.39. The Hall–Kier alpha value is -0.310. The van der Waals surface area contributed by atoms with Gasteiger partial charge in [0.2, 0.25) is 0 Å². The highest BCUT2D eigenvalue weighted by Crippen LogP contribution is 2.19. The van der Waals surface area contributed by atoms with Gasteiger partial charge in [0.25, 0.3) is 0 Å². The molecule has 1 N–H and O–H groups in total. The quantitative estimate of drug-likeness (QED) is 0.693. The molecule has 1 atom stereocenters. The Balaban J connectivity index is 3.08. The third kappa shape index (κ3) is 2.33. The molecule has 0 aromatic carbocycles. The zero-order valence-electron chi connectivity index (χ0n) is 5.88. The molecule has 2 nitrogen and oxygen atoms in total. The van der Waals surface area contributed by atoms with Crippen molar-refractivity contribution < 1.29 is 5.11 Å². The summed E-state index contributed by atoms with van der Waals surface area (Å²) in [5.74, 6) is 0. The molecule has 1 unspecified atom stereocenters. The summed E-state index contributed by atoms with van der Waals surface area (Å²) in [6.45, 7) is 1.64. The number of halogens is 2. The van der Waals surface area contributed by atoms with Crippen LogP contribution in [0.2, 0.25) is 10.3 Å². The Morgan fingerprint density at radius 1 is 1.36 bits per heavy atom. The first-order valence-electron chi connectivity index (χ1n) is 3.10. The smallest absolute Gasteiger partial charge is 0.131 e. The van der Waals surface area contributed by atoms with Crippen LogP contribution in [0.25, 0.3) is 0 Å². The number of aromatic nitrogens is 1. The molecule has 0 bridgehead atoms. The highest BCUT2D eigenvalue weighted by atomic mass is 35.5. The van der Waals surface area contributed by atoms with Gasteiger partial charge in [0.05, 0.1) is 6.10 Å². The summed E-state index contributed by atoms with van der Waals surface area (Å²) in [6, 6.07) is 3.16. The molecule has 1 heterocycles. The maximum absolute atomic E-state index is 9.13. The molecule has 1 rings (SSSR count). The van der Waals surface area contributed by atoms with Crippen molar-refractivity contribution in [2.45, 2.75) is 13.0 Å². The molecule has 0 saturated heterocycles. The Labute approximate surface area is 74.8 Å². The predicted molar refractivity (Wildman–Crippen MR) is 44.9 cm³/mol. The third-order valence-corrected chi connectivity index (χ3v) is 1.65. The van der Waals surface area contributed by atoms with Crippen LogP contribution in [0.4, 0.5) is 0 Å². The molecular formula is C7H7Cl2NO. The van der Waals surface area contributed by atoms with Crippen molar-refractivity contribution in [1.82, 2.24) is 4.98 Å². The lowest BCUT2D eigenvalue weighted by atomic mass is 10.2. The van der Waals surface area contributed by atoms with Crippen LogP contribution in [0.5, 0.6) is 0 Å². The summed E-state index contributed by atoms with van der Waals surface area (Å²) in [4.78, 5) is 3.74. The second-order valence-corrected chi connectivity index (χ2v) is 3.00. The minimum Gasteiger partial charge on any atom is -0.389 e. The van der Waals surface area contributed by atoms with E-state index in [-0.39, 0.29) is 0 Å². The van der Waals surface area contributed by atoms with Gasteiger partial charge >= 0.3 is 0 Å². The van der Waals surface area contributed by atoms with Crippen molar-refractivity contribution in [3.63, 3.8) is 0 Å². The largest absolute Gasteiger partial charge is 0.389 e. The summed E-state index contributed by atoms with van der Waals surface area (Å²) < 4.78 is 0. The minimum atomic E-state index is -0.562. The first-order valence-corrected chi connectivity index (χ1v) is 3.86. The van der Waals surface area contributed by atoms with Gasteiger partial charge in [-0.25, -0.2) is 4.98 Å². The van der Waals surface area contributed by atoms with E-state index in [0.29, 0.717) is 15.9 Å². The van der Waals surface area contributed by atoms with E-state index < -0.39 is 6.10 Å². The maximum atomic E-state index is 9.13. The normalized spacial score (nSPS) is 13.1. The van der Waals surface area contributed by atoms with Crippen molar-refractivity contribution >= 4 is 23.2 Å². The molecule has 0 aliphatic heterocycles. The van der Waals surface area contributed by atoms with E-state index in [9.17, 15) is 0 Å². The SMILES string of the molecule is CC(O)c1cc(Cl)nc(Cl)c1. The number of aliphatic hydroxyl groups excluding tert-OH is 1. The Kier molecular flexibility index (Phi) is 2.71. The van der Waals surface area contributed by atoms with Crippen LogP contribution in [-0.4, -0.2) is 10.1 Å². The van der Waals surface area contributed by atoms with Crippen molar-refractivity contribution in [2.24, 2.45) is 0 Å². The summed E-state index contributed by atoms with van der Waals surface area (Å²) in [5, 5.41) is 9.73. The van der Waals surface area contributed by atoms with E-state index in [1.165, 1.54) is 0 Å². The highest BCUT2D eigenvalue weighted by Gasteiger charge is 2.03. The molecule has 0 aliphatic rings. The number of nitrogens with zero attached hydrogens (tertiary/aromatic N) is 1. The third-order valence-electron chi connectivity index (χ3n) is 1.27. The van der Waals surface area contributed by atoms with Crippen molar-refractivity contribution in [1.29, 1.82) is 0 Å². The van der Waals surface area contributed by atoms with E-state index in [1.54, 1.807) is 19.1 Å². The van der Waals surface area contributed by atoms with Crippen LogP contribution in [0, 0.1) is 0 Å². The van der Waals surface area contributed by atoms with E-state index >= 15 is 0 Å². The fourth-order valence-corrected chi connectivity index (χ4v) is 1.20. The predicted octanol–water partition coefficient (Wildman–Crippen LogP) is 2.44. The molecule has 0 radical (unpaired) electrons. The monoisotopic (exact) mass is 191 g/mol.